The fraction of sp³-hybridized carbons (Fsp3) is 0.231. The molecule has 1 saturated heterocycles. The molecule has 1 aromatic heterocycles. The van der Waals surface area contributed by atoms with Crippen molar-refractivity contribution < 1.29 is 4.79 Å². The number of hydrogen-bond acceptors (Lipinski definition) is 3. The van der Waals surface area contributed by atoms with Crippen LogP contribution in [0.15, 0.2) is 71.2 Å². The zero-order valence-corrected chi connectivity index (χ0v) is 21.4. The van der Waals surface area contributed by atoms with Crippen LogP contribution < -0.4 is 5.32 Å². The highest BCUT2D eigenvalue weighted by Gasteiger charge is 2.27. The molecular formula is C26H23BrCl2N4O. The van der Waals surface area contributed by atoms with Crippen LogP contribution in [0.3, 0.4) is 0 Å². The number of benzene rings is 3. The monoisotopic (exact) mass is 556 g/mol. The number of halogens is 3. The van der Waals surface area contributed by atoms with Crippen molar-refractivity contribution in [3.05, 3.63) is 87.1 Å². The number of nitrogens with zero attached hydrogens (tertiary/aromatic N) is 3. The molecule has 1 N–H and O–H groups in total. The third kappa shape index (κ3) is 4.86. The Bertz CT molecular complexity index is 1340. The van der Waals surface area contributed by atoms with E-state index in [0.29, 0.717) is 28.8 Å². The summed E-state index contributed by atoms with van der Waals surface area (Å²) < 4.78 is 3.24. The zero-order chi connectivity index (χ0) is 23.7. The van der Waals surface area contributed by atoms with Gasteiger partial charge < -0.3 is 5.32 Å². The van der Waals surface area contributed by atoms with E-state index in [4.69, 9.17) is 28.2 Å². The number of carbonyl (C=O) groups is 1. The summed E-state index contributed by atoms with van der Waals surface area (Å²) in [6.45, 7) is 2.24. The minimum absolute atomic E-state index is 0.0321. The molecule has 1 aliphatic rings. The first-order valence-corrected chi connectivity index (χ1v) is 12.7. The number of nitrogens with one attached hydrogen (secondary N) is 1. The van der Waals surface area contributed by atoms with E-state index in [9.17, 15) is 4.79 Å². The third-order valence-electron chi connectivity index (χ3n) is 6.17. The maximum Gasteiger partial charge on any atom is 0.228 e. The summed E-state index contributed by atoms with van der Waals surface area (Å²) in [4.78, 5) is 20.3. The number of para-hydroxylation sites is 2. The highest BCUT2D eigenvalue weighted by atomic mass is 79.9. The maximum atomic E-state index is 13.0. The quantitative estimate of drug-likeness (QED) is 0.289. The van der Waals surface area contributed by atoms with Gasteiger partial charge >= 0.3 is 0 Å². The summed E-state index contributed by atoms with van der Waals surface area (Å²) in [5.41, 5.74) is 3.64. The second-order valence-corrected chi connectivity index (χ2v) is 10.2. The molecule has 0 spiro atoms. The second kappa shape index (κ2) is 10.1. The topological polar surface area (TPSA) is 50.2 Å². The Morgan fingerprint density at radius 1 is 1.06 bits per heavy atom. The van der Waals surface area contributed by atoms with Gasteiger partial charge in [-0.25, -0.2) is 4.98 Å². The third-order valence-corrected chi connectivity index (χ3v) is 7.51. The number of imidazole rings is 1. The SMILES string of the molecule is O=C(Nc1cccc(Cl)c1Cl)[C@H]1CCCN(Cc2nc3ccccc3n2-c2ccc(Br)cc2)C1. The van der Waals surface area contributed by atoms with Crippen LogP contribution in [-0.4, -0.2) is 33.4 Å². The number of hydrogen-bond donors (Lipinski definition) is 1. The summed E-state index contributed by atoms with van der Waals surface area (Å²) in [5, 5.41) is 3.76. The van der Waals surface area contributed by atoms with Gasteiger partial charge in [-0.3, -0.25) is 14.3 Å². The van der Waals surface area contributed by atoms with Gasteiger partial charge in [0, 0.05) is 16.7 Å². The summed E-state index contributed by atoms with van der Waals surface area (Å²) in [5.74, 6) is 0.798. The fourth-order valence-electron chi connectivity index (χ4n) is 4.51. The number of rotatable bonds is 5. The van der Waals surface area contributed by atoms with Crippen molar-refractivity contribution in [2.75, 3.05) is 18.4 Å². The molecule has 0 bridgehead atoms. The Hall–Kier alpha value is -2.38. The molecule has 5 nitrogen and oxygen atoms in total. The minimum Gasteiger partial charge on any atom is -0.324 e. The Morgan fingerprint density at radius 3 is 2.68 bits per heavy atom. The zero-order valence-electron chi connectivity index (χ0n) is 18.3. The molecule has 0 saturated carbocycles. The molecule has 8 heteroatoms. The molecule has 1 atom stereocenters. The highest BCUT2D eigenvalue weighted by molar-refractivity contribution is 9.10. The van der Waals surface area contributed by atoms with Crippen LogP contribution in [0, 0.1) is 5.92 Å². The van der Waals surface area contributed by atoms with Crippen LogP contribution in [0.2, 0.25) is 10.0 Å². The molecule has 0 aliphatic carbocycles. The maximum absolute atomic E-state index is 13.0. The molecule has 1 amide bonds. The minimum atomic E-state index is -0.130. The van der Waals surface area contributed by atoms with Crippen LogP contribution in [0.4, 0.5) is 5.69 Å². The van der Waals surface area contributed by atoms with Gasteiger partial charge in [0.25, 0.3) is 0 Å². The van der Waals surface area contributed by atoms with E-state index in [1.54, 1.807) is 18.2 Å². The molecule has 0 unspecified atom stereocenters. The van der Waals surface area contributed by atoms with E-state index in [1.165, 1.54) is 0 Å². The fourth-order valence-corrected chi connectivity index (χ4v) is 5.12. The van der Waals surface area contributed by atoms with Crippen LogP contribution in [-0.2, 0) is 11.3 Å². The molecule has 2 heterocycles. The van der Waals surface area contributed by atoms with Gasteiger partial charge in [-0.1, -0.05) is 57.3 Å². The Morgan fingerprint density at radius 2 is 1.85 bits per heavy atom. The van der Waals surface area contributed by atoms with E-state index in [1.807, 2.05) is 30.3 Å². The van der Waals surface area contributed by atoms with E-state index >= 15 is 0 Å². The molecule has 1 fully saturated rings. The van der Waals surface area contributed by atoms with E-state index in [2.05, 4.69) is 48.9 Å². The first kappa shape index (κ1) is 23.4. The smallest absolute Gasteiger partial charge is 0.228 e. The summed E-state index contributed by atoms with van der Waals surface area (Å²) in [6.07, 6.45) is 1.78. The first-order valence-electron chi connectivity index (χ1n) is 11.2. The molecular weight excluding hydrogens is 535 g/mol. The number of anilines is 1. The molecule has 3 aromatic carbocycles. The van der Waals surface area contributed by atoms with E-state index < -0.39 is 0 Å². The van der Waals surface area contributed by atoms with Gasteiger partial charge in [-0.05, 0) is 67.9 Å². The number of amides is 1. The van der Waals surface area contributed by atoms with Crippen molar-refractivity contribution in [1.82, 2.24) is 14.5 Å². The Balaban J connectivity index is 1.37. The standard InChI is InChI=1S/C26H23BrCl2N4O/c27-18-10-12-19(13-11-18)33-23-9-2-1-7-21(23)30-24(33)16-32-14-4-5-17(15-32)26(34)31-22-8-3-6-20(28)25(22)29/h1-3,6-13,17H,4-5,14-16H2,(H,31,34)/t17-/m0/s1. The lowest BCUT2D eigenvalue weighted by Gasteiger charge is -2.32. The van der Waals surface area contributed by atoms with Gasteiger partial charge in [0.2, 0.25) is 5.91 Å². The van der Waals surface area contributed by atoms with Crippen LogP contribution in [0.1, 0.15) is 18.7 Å². The van der Waals surface area contributed by atoms with Crippen molar-refractivity contribution in [3.8, 4) is 5.69 Å². The molecule has 5 rings (SSSR count). The lowest BCUT2D eigenvalue weighted by molar-refractivity contribution is -0.121. The highest BCUT2D eigenvalue weighted by Crippen LogP contribution is 2.31. The summed E-state index contributed by atoms with van der Waals surface area (Å²) in [7, 11) is 0. The normalized spacial score (nSPS) is 16.6. The molecule has 174 valence electrons. The van der Waals surface area contributed by atoms with Gasteiger partial charge in [0.15, 0.2) is 0 Å². The van der Waals surface area contributed by atoms with E-state index in [0.717, 1.165) is 46.4 Å². The predicted octanol–water partition coefficient (Wildman–Crippen LogP) is 6.95. The van der Waals surface area contributed by atoms with Crippen molar-refractivity contribution in [3.63, 3.8) is 0 Å². The number of carbonyl (C=O) groups excluding carboxylic acids is 1. The van der Waals surface area contributed by atoms with Crippen molar-refractivity contribution in [2.24, 2.45) is 5.92 Å². The molecule has 4 aromatic rings. The number of aromatic nitrogens is 2. The largest absolute Gasteiger partial charge is 0.324 e. The summed E-state index contributed by atoms with van der Waals surface area (Å²) in [6, 6.07) is 21.7. The predicted molar refractivity (Wildman–Crippen MR) is 142 cm³/mol. The average Bonchev–Trinajstić information content (AvgIpc) is 3.20. The van der Waals surface area contributed by atoms with Gasteiger partial charge in [0.1, 0.15) is 5.82 Å². The Labute approximate surface area is 216 Å². The summed E-state index contributed by atoms with van der Waals surface area (Å²) >= 11 is 15.9. The number of fused-ring (bicyclic) bond motifs is 1. The number of piperidine rings is 1. The lowest BCUT2D eigenvalue weighted by Crippen LogP contribution is -2.40. The Kier molecular flexibility index (Phi) is 6.93. The molecule has 34 heavy (non-hydrogen) atoms. The van der Waals surface area contributed by atoms with Crippen molar-refractivity contribution >= 4 is 61.8 Å². The van der Waals surface area contributed by atoms with Gasteiger partial charge in [-0.2, -0.15) is 0 Å². The van der Waals surface area contributed by atoms with Gasteiger partial charge in [-0.15, -0.1) is 0 Å². The van der Waals surface area contributed by atoms with Gasteiger partial charge in [0.05, 0.1) is 39.2 Å². The molecule has 0 radical (unpaired) electrons. The first-order chi connectivity index (χ1) is 16.5. The second-order valence-electron chi connectivity index (χ2n) is 8.49. The van der Waals surface area contributed by atoms with Crippen molar-refractivity contribution in [2.45, 2.75) is 19.4 Å². The number of likely N-dealkylation sites (tertiary alicyclic amines) is 1. The lowest BCUT2D eigenvalue weighted by atomic mass is 9.97. The molecule has 1 aliphatic heterocycles. The van der Waals surface area contributed by atoms with Crippen LogP contribution in [0.25, 0.3) is 16.7 Å². The van der Waals surface area contributed by atoms with Crippen molar-refractivity contribution in [1.29, 1.82) is 0 Å². The van der Waals surface area contributed by atoms with E-state index in [-0.39, 0.29) is 11.8 Å². The van der Waals surface area contributed by atoms with Crippen LogP contribution in [0.5, 0.6) is 0 Å². The average molecular weight is 558 g/mol. The van der Waals surface area contributed by atoms with Crippen LogP contribution >= 0.6 is 39.1 Å².